The number of nitrogens with zero attached hydrogens (tertiary/aromatic N) is 6. The molecule has 0 saturated heterocycles. The second-order valence-corrected chi connectivity index (χ2v) is 34.9. The first-order valence-electron chi connectivity index (χ1n) is 41.5. The minimum atomic E-state index is -0.326. The van der Waals surface area contributed by atoms with Crippen LogP contribution < -0.4 is 9.80 Å². The fourth-order valence-corrected chi connectivity index (χ4v) is 22.5. The van der Waals surface area contributed by atoms with Crippen LogP contribution in [0.3, 0.4) is 0 Å². The first kappa shape index (κ1) is 74.8. The third-order valence-corrected chi connectivity index (χ3v) is 28.2. The minimum Gasteiger partial charge on any atom is -0.268 e. The number of unbranched alkanes of at least 4 members (excludes halogenated alkanes) is 10. The average Bonchev–Trinajstić information content (AvgIpc) is 1.57. The van der Waals surface area contributed by atoms with Gasteiger partial charge in [-0.25, -0.2) is 9.80 Å². The Hall–Kier alpha value is -10.6. The molecule has 568 valence electrons. The van der Waals surface area contributed by atoms with Gasteiger partial charge in [0.05, 0.1) is 44.6 Å². The normalized spacial score (nSPS) is 14.2. The molecule has 0 unspecified atom stereocenters. The molecule has 2 aliphatic heterocycles. The van der Waals surface area contributed by atoms with E-state index in [-0.39, 0.29) is 34.5 Å². The number of carbonyl (C=O) groups is 4. The van der Waals surface area contributed by atoms with E-state index in [0.717, 1.165) is 227 Å². The summed E-state index contributed by atoms with van der Waals surface area (Å²) in [5.74, 6) is 13.2. The van der Waals surface area contributed by atoms with Crippen molar-refractivity contribution in [1.29, 1.82) is 0 Å². The van der Waals surface area contributed by atoms with E-state index in [1.165, 1.54) is 88.9 Å². The third kappa shape index (κ3) is 12.6. The zero-order valence-electron chi connectivity index (χ0n) is 65.7. The number of anilines is 2. The Balaban J connectivity index is 0.665. The lowest BCUT2D eigenvalue weighted by atomic mass is 9.71. The van der Waals surface area contributed by atoms with Crippen LogP contribution in [0.4, 0.5) is 11.4 Å². The number of thiophene rings is 2. The van der Waals surface area contributed by atoms with Crippen LogP contribution in [0.2, 0.25) is 0 Å². The maximum absolute atomic E-state index is 15.1. The molecule has 4 aromatic heterocycles. The molecule has 0 N–H and O–H groups in total. The summed E-state index contributed by atoms with van der Waals surface area (Å²) in [4.78, 5) is 67.2. The second kappa shape index (κ2) is 31.3. The van der Waals surface area contributed by atoms with Crippen LogP contribution in [-0.4, -0.2) is 41.1 Å². The molecule has 4 aliphatic rings. The molecule has 14 heteroatoms. The van der Waals surface area contributed by atoms with Crippen molar-refractivity contribution in [1.82, 2.24) is 17.5 Å². The fraction of sp³-hybridized carbons (Fsp3) is 0.300. The quantitative estimate of drug-likeness (QED) is 0.0298. The van der Waals surface area contributed by atoms with Gasteiger partial charge in [-0.2, -0.15) is 17.5 Å². The summed E-state index contributed by atoms with van der Waals surface area (Å²) < 4.78 is 20.3. The summed E-state index contributed by atoms with van der Waals surface area (Å²) >= 11 is 5.76. The predicted octanol–water partition coefficient (Wildman–Crippen LogP) is 26.6. The molecule has 2 aliphatic carbocycles. The smallest absolute Gasteiger partial charge is 0.265 e. The predicted molar refractivity (Wildman–Crippen MR) is 474 cm³/mol. The maximum atomic E-state index is 15.1. The highest BCUT2D eigenvalue weighted by Crippen LogP contribution is 2.58. The van der Waals surface area contributed by atoms with Crippen LogP contribution in [0.25, 0.3) is 97.5 Å². The van der Waals surface area contributed by atoms with Crippen LogP contribution in [0.15, 0.2) is 170 Å². The molecule has 0 radical (unpaired) electrons. The van der Waals surface area contributed by atoms with Crippen molar-refractivity contribution in [3.63, 3.8) is 0 Å². The third-order valence-electron chi connectivity index (χ3n) is 24.9. The van der Waals surface area contributed by atoms with Crippen molar-refractivity contribution < 1.29 is 19.2 Å². The number of imide groups is 2. The standard InChI is InChI=1S/C100H90N6O4S4/c1-7-13-19-21-29-63-55-87(111-85(63)49-41-61-39-45-75-89-67(61)33-27-35-73(89)95(107)105(97(75)109)65-43-47-71-69-31-23-25-37-81(69)99(51-15-9-3,52-16-10-4)83(71)57-65)79-59-77-78(91-93(79)103-113-101-91)60-80(94-92(77)102-114-104-94)88-56-64(30-22-20-14-8-2)86(112-88)50-42-62-40-46-76-90-68(62)34-28-36-74(90)96(108)106(98(76)110)66-44-48-72-70-32-24-26-38-82(70)100(53-17-11-5,54-18-12-6)84(72)58-66/h23-28,31-40,43-48,55-60H,7-22,29-30,51-54H2,1-6H3. The lowest BCUT2D eigenvalue weighted by Gasteiger charge is -2.34. The van der Waals surface area contributed by atoms with Crippen molar-refractivity contribution in [2.75, 3.05) is 9.80 Å². The van der Waals surface area contributed by atoms with Crippen molar-refractivity contribution in [2.45, 2.75) is 194 Å². The number of rotatable bonds is 26. The van der Waals surface area contributed by atoms with E-state index in [0.29, 0.717) is 44.4 Å². The summed E-state index contributed by atoms with van der Waals surface area (Å²) in [6.07, 6.45) is 23.2. The zero-order chi connectivity index (χ0) is 77.9. The number of hydrogen-bond acceptors (Lipinski definition) is 12. The van der Waals surface area contributed by atoms with E-state index in [4.69, 9.17) is 17.5 Å². The van der Waals surface area contributed by atoms with Crippen LogP contribution in [-0.2, 0) is 23.7 Å². The number of aromatic nitrogens is 4. The number of benzene rings is 10. The van der Waals surface area contributed by atoms with Gasteiger partial charge < -0.3 is 0 Å². The Morgan fingerprint density at radius 2 is 0.675 bits per heavy atom. The van der Waals surface area contributed by atoms with Gasteiger partial charge in [0.2, 0.25) is 0 Å². The molecule has 0 saturated carbocycles. The molecule has 10 aromatic carbocycles. The average molecular weight is 1570 g/mol. The van der Waals surface area contributed by atoms with Gasteiger partial charge in [0, 0.05) is 86.6 Å². The highest BCUT2D eigenvalue weighted by molar-refractivity contribution is 7.16. The van der Waals surface area contributed by atoms with E-state index in [1.807, 2.05) is 72.8 Å². The van der Waals surface area contributed by atoms with Gasteiger partial charge in [0.1, 0.15) is 22.1 Å². The molecular weight excluding hydrogens is 1480 g/mol. The Kier molecular flexibility index (Phi) is 20.5. The lowest BCUT2D eigenvalue weighted by molar-refractivity contribution is 0.0877. The van der Waals surface area contributed by atoms with Gasteiger partial charge in [-0.15, -0.1) is 22.7 Å². The Morgan fingerprint density at radius 1 is 0.316 bits per heavy atom. The van der Waals surface area contributed by atoms with Gasteiger partial charge >= 0.3 is 0 Å². The number of hydrogen-bond donors (Lipinski definition) is 0. The first-order chi connectivity index (χ1) is 55.9. The molecule has 4 amide bonds. The van der Waals surface area contributed by atoms with E-state index in [2.05, 4.69) is 162 Å². The SMILES string of the molecule is CCCCCCc1cc(-c2cc3c(cc(-c4cc(CCCCCC)c(C#Cc5ccc6c7c(cccc57)C(=O)N(c5ccc7c(c5)C(CCCC)(CCCC)c5ccccc5-7)C6=O)s4)c4nsnc43)c3nsnc23)sc1C#Cc1ccc2c3c(cccc13)C(=O)N(c1ccc3c(c1)C(CCCC)(CCCC)c1ccccc1-3)C2=O. The monoisotopic (exact) mass is 1570 g/mol. The lowest BCUT2D eigenvalue weighted by Crippen LogP contribution is -2.40. The molecule has 0 fully saturated rings. The first-order valence-corrected chi connectivity index (χ1v) is 44.6. The van der Waals surface area contributed by atoms with Crippen LogP contribution in [0, 0.1) is 23.7 Å². The number of aryl methyl sites for hydroxylation is 2. The van der Waals surface area contributed by atoms with Gasteiger partial charge in [-0.05, 0) is 203 Å². The number of fused-ring (bicyclic) bond motifs is 11. The Labute approximate surface area is 683 Å². The Morgan fingerprint density at radius 3 is 1.08 bits per heavy atom. The van der Waals surface area contributed by atoms with Gasteiger partial charge in [0.25, 0.3) is 23.6 Å². The molecular formula is C100H90N6O4S4. The van der Waals surface area contributed by atoms with Crippen LogP contribution >= 0.6 is 46.1 Å². The Bertz CT molecular complexity index is 5960. The maximum Gasteiger partial charge on any atom is 0.265 e. The molecule has 18 rings (SSSR count). The number of carbonyl (C=O) groups excluding carboxylic acids is 4. The van der Waals surface area contributed by atoms with Crippen molar-refractivity contribution in [2.24, 2.45) is 0 Å². The summed E-state index contributed by atoms with van der Waals surface area (Å²) in [5.41, 5.74) is 21.9. The highest BCUT2D eigenvalue weighted by Gasteiger charge is 2.46. The molecule has 6 heterocycles. The fourth-order valence-electron chi connectivity index (χ4n) is 19.2. The van der Waals surface area contributed by atoms with E-state index >= 15 is 19.2 Å². The second-order valence-electron chi connectivity index (χ2n) is 31.7. The molecule has 114 heavy (non-hydrogen) atoms. The summed E-state index contributed by atoms with van der Waals surface area (Å²) in [6, 6.07) is 58.4. The van der Waals surface area contributed by atoms with Crippen LogP contribution in [0.1, 0.15) is 266 Å². The van der Waals surface area contributed by atoms with E-state index < -0.39 is 0 Å². The molecule has 0 atom stereocenters. The van der Waals surface area contributed by atoms with Crippen molar-refractivity contribution in [3.05, 3.63) is 246 Å². The van der Waals surface area contributed by atoms with E-state index in [9.17, 15) is 0 Å². The molecule has 14 aromatic rings. The molecule has 10 nitrogen and oxygen atoms in total. The topological polar surface area (TPSA) is 126 Å². The minimum absolute atomic E-state index is 0.199. The number of amides is 4. The van der Waals surface area contributed by atoms with Crippen molar-refractivity contribution >= 4 is 136 Å². The summed E-state index contributed by atoms with van der Waals surface area (Å²) in [5, 5.41) is 4.75. The largest absolute Gasteiger partial charge is 0.268 e. The summed E-state index contributed by atoms with van der Waals surface area (Å²) in [6.45, 7) is 13.5. The van der Waals surface area contributed by atoms with Gasteiger partial charge in [0.15, 0.2) is 0 Å². The van der Waals surface area contributed by atoms with Crippen LogP contribution in [0.5, 0.6) is 0 Å². The molecule has 0 spiro atoms. The summed E-state index contributed by atoms with van der Waals surface area (Å²) in [7, 11) is 0. The molecule has 0 bridgehead atoms. The van der Waals surface area contributed by atoms with Crippen molar-refractivity contribution in [3.8, 4) is 66.8 Å². The highest BCUT2D eigenvalue weighted by atomic mass is 32.1. The van der Waals surface area contributed by atoms with E-state index in [1.54, 1.807) is 22.7 Å². The zero-order valence-corrected chi connectivity index (χ0v) is 68.9. The van der Waals surface area contributed by atoms with Gasteiger partial charge in [-0.1, -0.05) is 240 Å². The van der Waals surface area contributed by atoms with Gasteiger partial charge in [-0.3, -0.25) is 19.2 Å².